The SMILES string of the molecule is CO[C@@H]1/C=C/C[C@@H](C)C[C@@H](OC)/C=C/C[C@@H]([C@@H](C)[C@@H](O)[C@@H](C)CC[C@@H](OC(=O)C(C)N(C)C)[C@H](C)[C@H](OC(C)=O)[C@H](C)CCO)OC(=O)/C=C/C=C/C[C@@H](OC(=O)[C@H](CO)[N+](C)(C)C)[C@@H](C)[C@H](O)[C@H](C)CC1. The van der Waals surface area contributed by atoms with Gasteiger partial charge in [-0.3, -0.25) is 14.5 Å². The number of quaternary nitrogens is 1. The lowest BCUT2D eigenvalue weighted by atomic mass is 9.82. The third-order valence-corrected chi connectivity index (χ3v) is 14.8. The van der Waals surface area contributed by atoms with Gasteiger partial charge in [-0.1, -0.05) is 91.0 Å². The second kappa shape index (κ2) is 34.2. The van der Waals surface area contributed by atoms with Crippen LogP contribution >= 0.6 is 0 Å². The van der Waals surface area contributed by atoms with Gasteiger partial charge in [0.2, 0.25) is 6.04 Å². The Bertz CT molecular complexity index is 1690. The van der Waals surface area contributed by atoms with Crippen molar-refractivity contribution >= 4 is 23.9 Å². The molecule has 0 fully saturated rings. The Balaban J connectivity index is 3.62. The van der Waals surface area contributed by atoms with E-state index in [4.69, 9.17) is 28.4 Å². The molecule has 4 N–H and O–H groups in total. The number of hydrogen-bond donors (Lipinski definition) is 4. The first-order valence-electron chi connectivity index (χ1n) is 26.3. The van der Waals surface area contributed by atoms with Crippen LogP contribution in [0.2, 0.25) is 0 Å². The summed E-state index contributed by atoms with van der Waals surface area (Å²) >= 11 is 0. The molecule has 0 amide bonds. The molecule has 0 aromatic heterocycles. The van der Waals surface area contributed by atoms with Crippen molar-refractivity contribution < 1.29 is 72.5 Å². The summed E-state index contributed by atoms with van der Waals surface area (Å²) in [6.45, 7) is 16.0. The van der Waals surface area contributed by atoms with Gasteiger partial charge in [-0.25, -0.2) is 9.59 Å². The van der Waals surface area contributed by atoms with Crippen molar-refractivity contribution in [2.24, 2.45) is 41.4 Å². The maximum Gasteiger partial charge on any atom is 0.367 e. The molecule has 0 aromatic rings. The van der Waals surface area contributed by atoms with Gasteiger partial charge in [0.1, 0.15) is 37.1 Å². The molecular weight excluding hydrogens is 925 g/mol. The first-order valence-corrected chi connectivity index (χ1v) is 26.3. The van der Waals surface area contributed by atoms with E-state index in [2.05, 4.69) is 19.1 Å². The summed E-state index contributed by atoms with van der Waals surface area (Å²) in [6.07, 6.45) is 13.8. The number of aliphatic hydroxyl groups excluding tert-OH is 4. The van der Waals surface area contributed by atoms with Crippen LogP contribution in [0.3, 0.4) is 0 Å². The summed E-state index contributed by atoms with van der Waals surface area (Å²) in [6, 6.07) is -1.38. The molecule has 1 heterocycles. The van der Waals surface area contributed by atoms with Crippen LogP contribution < -0.4 is 0 Å². The maximum atomic E-state index is 13.6. The zero-order valence-electron chi connectivity index (χ0n) is 47.0. The molecule has 416 valence electrons. The van der Waals surface area contributed by atoms with Crippen molar-refractivity contribution in [2.45, 2.75) is 181 Å². The summed E-state index contributed by atoms with van der Waals surface area (Å²) in [7, 11) is 12.3. The van der Waals surface area contributed by atoms with Gasteiger partial charge in [0.25, 0.3) is 0 Å². The molecule has 0 aliphatic carbocycles. The standard InChI is InChI=1S/C56H99N2O14/c1-36-22-20-23-45(67-15)30-28-37(2)52(63)41(6)49(72-56(66)47(35-60)58(12,13)14)25-18-17-19-27-51(62)70-48(26-21-24-46(34-36)68-16)40(5)53(64)38(3)29-31-50(71-55(65)43(8)57(10)11)42(7)54(69-44(9)61)39(4)32-33-59/h17-21,23-24,27,36-43,45-50,52-54,59-60,63-64H,22,25-26,28-35H2,1-16H3/q+1/b18-17+,23-20+,24-21+,27-19+/t36-,37-,38+,39-,40-,41-,42+,43?,45-,46+,47+,48+,49-,50-,52-,53+,54-/m1/s1. The molecule has 1 rings (SSSR count). The number of likely N-dealkylation sites (N-methyl/N-ethyl adjacent to an activating group) is 2. The minimum Gasteiger partial charge on any atom is -0.462 e. The molecule has 1 unspecified atom stereocenters. The first-order chi connectivity index (χ1) is 33.7. The fraction of sp³-hybridized carbons (Fsp3) is 0.786. The monoisotopic (exact) mass is 1020 g/mol. The minimum atomic E-state index is -0.958. The van der Waals surface area contributed by atoms with E-state index in [9.17, 15) is 39.6 Å². The molecule has 17 atom stereocenters. The molecule has 0 saturated carbocycles. The van der Waals surface area contributed by atoms with Crippen LogP contribution in [0.5, 0.6) is 0 Å². The maximum absolute atomic E-state index is 13.6. The molecule has 72 heavy (non-hydrogen) atoms. The number of ether oxygens (including phenoxy) is 6. The summed E-state index contributed by atoms with van der Waals surface area (Å²) < 4.78 is 35.9. The topological polar surface area (TPSA) is 208 Å². The van der Waals surface area contributed by atoms with E-state index in [1.54, 1.807) is 73.4 Å². The number of aliphatic hydroxyl groups is 4. The summed E-state index contributed by atoms with van der Waals surface area (Å²) in [5, 5.41) is 43.5. The lowest BCUT2D eigenvalue weighted by Crippen LogP contribution is -2.53. The zero-order valence-corrected chi connectivity index (χ0v) is 47.0. The number of allylic oxidation sites excluding steroid dienone is 3. The van der Waals surface area contributed by atoms with Crippen molar-refractivity contribution in [3.05, 3.63) is 48.6 Å². The van der Waals surface area contributed by atoms with Crippen LogP contribution in [0.15, 0.2) is 48.6 Å². The average Bonchev–Trinajstić information content (AvgIpc) is 3.31. The fourth-order valence-corrected chi connectivity index (χ4v) is 9.16. The van der Waals surface area contributed by atoms with E-state index >= 15 is 0 Å². The molecule has 0 bridgehead atoms. The minimum absolute atomic E-state index is 0.102. The van der Waals surface area contributed by atoms with Gasteiger partial charge in [-0.2, -0.15) is 0 Å². The third-order valence-electron chi connectivity index (χ3n) is 14.8. The number of carbonyl (C=O) groups is 4. The van der Waals surface area contributed by atoms with Gasteiger partial charge >= 0.3 is 23.9 Å². The predicted octanol–water partition coefficient (Wildman–Crippen LogP) is 6.62. The van der Waals surface area contributed by atoms with Gasteiger partial charge in [0.15, 0.2) is 0 Å². The van der Waals surface area contributed by atoms with Crippen LogP contribution in [0, 0.1) is 41.4 Å². The Morgan fingerprint density at radius 1 is 0.819 bits per heavy atom. The van der Waals surface area contributed by atoms with Gasteiger partial charge in [-0.05, 0) is 89.6 Å². The van der Waals surface area contributed by atoms with Crippen molar-refractivity contribution in [2.75, 3.05) is 62.7 Å². The number of cyclic esters (lactones) is 1. The highest BCUT2D eigenvalue weighted by Gasteiger charge is 2.39. The average molecular weight is 1020 g/mol. The first kappa shape index (κ1) is 66.5. The van der Waals surface area contributed by atoms with Crippen LogP contribution in [0.4, 0.5) is 0 Å². The molecule has 0 spiro atoms. The van der Waals surface area contributed by atoms with Gasteiger partial charge in [-0.15, -0.1) is 0 Å². The van der Waals surface area contributed by atoms with Crippen LogP contribution in [0.1, 0.15) is 120 Å². The number of methoxy groups -OCH3 is 2. The van der Waals surface area contributed by atoms with Gasteiger partial charge in [0, 0.05) is 64.4 Å². The number of carbonyl (C=O) groups excluding carboxylic acids is 4. The number of esters is 4. The molecule has 1 aliphatic rings. The molecule has 16 heteroatoms. The fourth-order valence-electron chi connectivity index (χ4n) is 9.16. The van der Waals surface area contributed by atoms with E-state index in [1.807, 2.05) is 53.7 Å². The summed E-state index contributed by atoms with van der Waals surface area (Å²) in [5.41, 5.74) is 0. The van der Waals surface area contributed by atoms with Crippen LogP contribution in [-0.2, 0) is 47.6 Å². The van der Waals surface area contributed by atoms with Crippen molar-refractivity contribution in [3.63, 3.8) is 0 Å². The molecular formula is C56H99N2O14+. The largest absolute Gasteiger partial charge is 0.462 e. The Morgan fingerprint density at radius 2 is 1.44 bits per heavy atom. The normalized spacial score (nSPS) is 29.3. The number of rotatable bonds is 21. The Hall–Kier alpha value is -3.48. The van der Waals surface area contributed by atoms with Crippen molar-refractivity contribution in [1.29, 1.82) is 0 Å². The lowest BCUT2D eigenvalue weighted by molar-refractivity contribution is -0.887. The van der Waals surface area contributed by atoms with E-state index in [0.29, 0.717) is 32.1 Å². The highest BCUT2D eigenvalue weighted by molar-refractivity contribution is 5.82. The molecule has 0 aromatic carbocycles. The van der Waals surface area contributed by atoms with Gasteiger partial charge < -0.3 is 53.3 Å². The third kappa shape index (κ3) is 23.8. The summed E-state index contributed by atoms with van der Waals surface area (Å²) in [5.74, 6) is -4.10. The van der Waals surface area contributed by atoms with Crippen molar-refractivity contribution in [1.82, 2.24) is 4.90 Å². The highest BCUT2D eigenvalue weighted by atomic mass is 16.6. The summed E-state index contributed by atoms with van der Waals surface area (Å²) in [4.78, 5) is 54.4. The second-order valence-corrected chi connectivity index (χ2v) is 21.9. The van der Waals surface area contributed by atoms with Crippen molar-refractivity contribution in [3.8, 4) is 0 Å². The van der Waals surface area contributed by atoms with E-state index in [1.165, 1.54) is 19.1 Å². The van der Waals surface area contributed by atoms with Gasteiger partial charge in [0.05, 0.1) is 45.6 Å². The van der Waals surface area contributed by atoms with E-state index in [-0.39, 0.29) is 59.8 Å². The van der Waals surface area contributed by atoms with Crippen LogP contribution in [-0.4, -0.2) is 177 Å². The highest BCUT2D eigenvalue weighted by Crippen LogP contribution is 2.32. The van der Waals surface area contributed by atoms with E-state index < -0.39 is 96.9 Å². The Labute approximate surface area is 433 Å². The second-order valence-electron chi connectivity index (χ2n) is 21.9. The lowest BCUT2D eigenvalue weighted by Gasteiger charge is -2.36. The van der Waals surface area contributed by atoms with E-state index in [0.717, 1.165) is 12.8 Å². The molecule has 0 radical (unpaired) electrons. The Kier molecular flexibility index (Phi) is 31.6. The molecule has 16 nitrogen and oxygen atoms in total. The number of nitrogens with zero attached hydrogens (tertiary/aromatic N) is 2. The zero-order chi connectivity index (χ0) is 54.9. The quantitative estimate of drug-likeness (QED) is 0.0413. The van der Waals surface area contributed by atoms with Crippen LogP contribution in [0.25, 0.3) is 0 Å². The molecule has 0 saturated heterocycles. The predicted molar refractivity (Wildman–Crippen MR) is 280 cm³/mol. The Morgan fingerprint density at radius 3 is 2.01 bits per heavy atom. The smallest absolute Gasteiger partial charge is 0.367 e. The number of hydrogen-bond acceptors (Lipinski definition) is 15. The molecule has 1 aliphatic heterocycles.